The van der Waals surface area contributed by atoms with E-state index in [1.807, 2.05) is 42.6 Å². The summed E-state index contributed by atoms with van der Waals surface area (Å²) in [6.45, 7) is 4.73. The predicted octanol–water partition coefficient (Wildman–Crippen LogP) is 3.95. The van der Waals surface area contributed by atoms with Crippen molar-refractivity contribution in [1.82, 2.24) is 10.3 Å². The third-order valence-electron chi connectivity index (χ3n) is 4.18. The van der Waals surface area contributed by atoms with Crippen LogP contribution < -0.4 is 5.32 Å². The van der Waals surface area contributed by atoms with Gasteiger partial charge in [0.15, 0.2) is 0 Å². The highest BCUT2D eigenvalue weighted by molar-refractivity contribution is 5.34. The Morgan fingerprint density at radius 3 is 2.61 bits per heavy atom. The first-order valence-electron chi connectivity index (χ1n) is 7.92. The van der Waals surface area contributed by atoms with Gasteiger partial charge >= 0.3 is 0 Å². The zero-order valence-corrected chi connectivity index (χ0v) is 13.6. The summed E-state index contributed by atoms with van der Waals surface area (Å²) < 4.78 is 6.19. The van der Waals surface area contributed by atoms with Crippen LogP contribution in [-0.4, -0.2) is 11.1 Å². The van der Waals surface area contributed by atoms with Gasteiger partial charge in [0.2, 0.25) is 0 Å². The summed E-state index contributed by atoms with van der Waals surface area (Å²) in [6.07, 6.45) is 8.02. The van der Waals surface area contributed by atoms with Gasteiger partial charge in [0.25, 0.3) is 0 Å². The van der Waals surface area contributed by atoms with Crippen LogP contribution in [0.25, 0.3) is 0 Å². The van der Waals surface area contributed by atoms with E-state index in [1.165, 1.54) is 5.56 Å². The Bertz CT molecular complexity index is 694. The number of hydrogen-bond acceptors (Lipinski definition) is 3. The number of rotatable bonds is 5. The van der Waals surface area contributed by atoms with Gasteiger partial charge in [0.05, 0.1) is 18.4 Å². The molecule has 0 radical (unpaired) electrons. The van der Waals surface area contributed by atoms with E-state index >= 15 is 0 Å². The molecule has 1 N–H and O–H groups in total. The molecule has 0 amide bonds. The van der Waals surface area contributed by atoms with E-state index in [0.29, 0.717) is 6.61 Å². The smallest absolute Gasteiger partial charge is 0.124 e. The van der Waals surface area contributed by atoms with Crippen molar-refractivity contribution in [2.75, 3.05) is 0 Å². The number of nitrogens with zero attached hydrogens (tertiary/aromatic N) is 1. The highest BCUT2D eigenvalue weighted by atomic mass is 16.5. The van der Waals surface area contributed by atoms with Crippen molar-refractivity contribution in [2.45, 2.75) is 32.1 Å². The minimum atomic E-state index is -0.450. The molecular weight excluding hydrogens is 284 g/mol. The maximum Gasteiger partial charge on any atom is 0.124 e. The maximum atomic E-state index is 6.19. The van der Waals surface area contributed by atoms with Crippen LogP contribution in [0.4, 0.5) is 0 Å². The summed E-state index contributed by atoms with van der Waals surface area (Å²) in [4.78, 5) is 4.56. The Labute approximate surface area is 137 Å². The second-order valence-electron chi connectivity index (χ2n) is 5.86. The molecule has 0 aliphatic carbocycles. The van der Waals surface area contributed by atoms with Crippen molar-refractivity contribution in [3.05, 3.63) is 89.9 Å². The van der Waals surface area contributed by atoms with Gasteiger partial charge in [-0.3, -0.25) is 4.98 Å². The van der Waals surface area contributed by atoms with Crippen LogP contribution in [0.2, 0.25) is 0 Å². The lowest BCUT2D eigenvalue weighted by Gasteiger charge is -2.39. The Morgan fingerprint density at radius 2 is 1.91 bits per heavy atom. The first-order chi connectivity index (χ1) is 11.2. The highest BCUT2D eigenvalue weighted by Gasteiger charge is 2.38. The van der Waals surface area contributed by atoms with Gasteiger partial charge in [0, 0.05) is 11.9 Å². The van der Waals surface area contributed by atoms with Crippen molar-refractivity contribution >= 4 is 0 Å². The Hall–Kier alpha value is -2.39. The molecule has 0 saturated carbocycles. The number of dihydropyridines is 1. The van der Waals surface area contributed by atoms with E-state index in [2.05, 4.69) is 54.5 Å². The zero-order valence-electron chi connectivity index (χ0n) is 13.6. The number of aromatic nitrogens is 1. The van der Waals surface area contributed by atoms with Crippen LogP contribution >= 0.6 is 0 Å². The van der Waals surface area contributed by atoms with Gasteiger partial charge in [-0.1, -0.05) is 48.6 Å². The van der Waals surface area contributed by atoms with E-state index in [1.54, 1.807) is 0 Å². The molecule has 2 unspecified atom stereocenters. The molecule has 0 saturated heterocycles. The van der Waals surface area contributed by atoms with E-state index in [9.17, 15) is 0 Å². The van der Waals surface area contributed by atoms with Crippen LogP contribution in [0.3, 0.4) is 0 Å². The van der Waals surface area contributed by atoms with Gasteiger partial charge in [-0.05, 0) is 37.6 Å². The molecule has 0 spiro atoms. The molecule has 3 nitrogen and oxygen atoms in total. The van der Waals surface area contributed by atoms with Gasteiger partial charge in [-0.15, -0.1) is 0 Å². The number of benzene rings is 1. The molecule has 0 bridgehead atoms. The number of ether oxygens (including phenoxy) is 1. The summed E-state index contributed by atoms with van der Waals surface area (Å²) in [5.74, 6) is 0. The summed E-state index contributed by atoms with van der Waals surface area (Å²) in [5, 5.41) is 3.57. The van der Waals surface area contributed by atoms with Crippen molar-refractivity contribution in [2.24, 2.45) is 0 Å². The van der Waals surface area contributed by atoms with Crippen molar-refractivity contribution < 1.29 is 4.74 Å². The van der Waals surface area contributed by atoms with Crippen molar-refractivity contribution in [3.63, 3.8) is 0 Å². The van der Waals surface area contributed by atoms with E-state index in [-0.39, 0.29) is 6.10 Å². The van der Waals surface area contributed by atoms with Crippen LogP contribution in [0.5, 0.6) is 0 Å². The third kappa shape index (κ3) is 3.35. The maximum absolute atomic E-state index is 6.19. The molecule has 0 fully saturated rings. The SMILES string of the molecule is CC1=CC=CC(c2ccccn2)(C(C)OCc2ccccc2)N1. The number of hydrogen-bond donors (Lipinski definition) is 1. The molecule has 1 aliphatic heterocycles. The Balaban J connectivity index is 1.84. The average Bonchev–Trinajstić information content (AvgIpc) is 2.61. The van der Waals surface area contributed by atoms with Crippen LogP contribution in [0, 0.1) is 0 Å². The topological polar surface area (TPSA) is 34.1 Å². The molecule has 1 aliphatic rings. The van der Waals surface area contributed by atoms with E-state index in [4.69, 9.17) is 4.74 Å². The van der Waals surface area contributed by atoms with E-state index in [0.717, 1.165) is 11.4 Å². The summed E-state index contributed by atoms with van der Waals surface area (Å²) in [6, 6.07) is 16.2. The number of nitrogens with one attached hydrogen (secondary N) is 1. The standard InChI is InChI=1S/C20H22N2O/c1-16-9-8-13-20(22-16,19-12-6-7-14-21-19)17(2)23-15-18-10-4-3-5-11-18/h3-14,17,22H,15H2,1-2H3. The number of pyridine rings is 1. The first-order valence-corrected chi connectivity index (χ1v) is 7.92. The molecule has 3 heteroatoms. The molecule has 2 heterocycles. The summed E-state index contributed by atoms with van der Waals surface area (Å²) in [5.41, 5.74) is 2.79. The average molecular weight is 306 g/mol. The lowest BCUT2D eigenvalue weighted by Crippen LogP contribution is -2.50. The monoisotopic (exact) mass is 306 g/mol. The predicted molar refractivity (Wildman–Crippen MR) is 92.6 cm³/mol. The first kappa shape index (κ1) is 15.5. The minimum Gasteiger partial charge on any atom is -0.372 e. The Morgan fingerprint density at radius 1 is 1.13 bits per heavy atom. The quantitative estimate of drug-likeness (QED) is 0.908. The van der Waals surface area contributed by atoms with Gasteiger partial charge in [-0.2, -0.15) is 0 Å². The second kappa shape index (κ2) is 6.80. The lowest BCUT2D eigenvalue weighted by molar-refractivity contribution is 0.00219. The van der Waals surface area contributed by atoms with Gasteiger partial charge < -0.3 is 10.1 Å². The minimum absolute atomic E-state index is 0.0718. The molecular formula is C20H22N2O. The van der Waals surface area contributed by atoms with Crippen LogP contribution in [-0.2, 0) is 16.9 Å². The Kier molecular flexibility index (Phi) is 4.58. The molecule has 23 heavy (non-hydrogen) atoms. The fourth-order valence-corrected chi connectivity index (χ4v) is 2.88. The number of allylic oxidation sites excluding steroid dienone is 3. The van der Waals surface area contributed by atoms with Gasteiger partial charge in [-0.25, -0.2) is 0 Å². The second-order valence-corrected chi connectivity index (χ2v) is 5.86. The van der Waals surface area contributed by atoms with Crippen LogP contribution in [0.15, 0.2) is 78.7 Å². The van der Waals surface area contributed by atoms with Gasteiger partial charge in [0.1, 0.15) is 5.54 Å². The fraction of sp³-hybridized carbons (Fsp3) is 0.250. The highest BCUT2D eigenvalue weighted by Crippen LogP contribution is 2.31. The largest absolute Gasteiger partial charge is 0.372 e. The normalized spacial score (nSPS) is 21.4. The molecule has 1 aromatic heterocycles. The molecule has 1 aromatic carbocycles. The zero-order chi connectivity index (χ0) is 16.1. The molecule has 3 rings (SSSR count). The van der Waals surface area contributed by atoms with E-state index < -0.39 is 5.54 Å². The summed E-state index contributed by atoms with van der Waals surface area (Å²) >= 11 is 0. The van der Waals surface area contributed by atoms with Crippen molar-refractivity contribution in [1.29, 1.82) is 0 Å². The molecule has 2 aromatic rings. The van der Waals surface area contributed by atoms with Crippen LogP contribution in [0.1, 0.15) is 25.1 Å². The molecule has 2 atom stereocenters. The van der Waals surface area contributed by atoms with Crippen molar-refractivity contribution in [3.8, 4) is 0 Å². The fourth-order valence-electron chi connectivity index (χ4n) is 2.88. The third-order valence-corrected chi connectivity index (χ3v) is 4.18. The summed E-state index contributed by atoms with van der Waals surface area (Å²) in [7, 11) is 0. The molecule has 118 valence electrons. The lowest BCUT2D eigenvalue weighted by atomic mass is 9.86.